The van der Waals surface area contributed by atoms with Crippen LogP contribution in [0, 0.1) is 5.82 Å². The fourth-order valence-electron chi connectivity index (χ4n) is 2.14. The first kappa shape index (κ1) is 18.2. The second-order valence-electron chi connectivity index (χ2n) is 5.13. The summed E-state index contributed by atoms with van der Waals surface area (Å²) in [6, 6.07) is 12.9. The van der Waals surface area contributed by atoms with Crippen molar-refractivity contribution in [3.63, 3.8) is 0 Å². The van der Waals surface area contributed by atoms with E-state index in [0.717, 1.165) is 12.6 Å². The predicted molar refractivity (Wildman–Crippen MR) is 92.8 cm³/mol. The van der Waals surface area contributed by atoms with E-state index in [4.69, 9.17) is 16.3 Å². The quantitative estimate of drug-likeness (QED) is 0.718. The molecule has 0 spiro atoms. The van der Waals surface area contributed by atoms with Crippen LogP contribution in [-0.2, 0) is 4.79 Å². The van der Waals surface area contributed by atoms with Gasteiger partial charge in [-0.05, 0) is 24.7 Å². The Morgan fingerprint density at radius 2 is 1.96 bits per heavy atom. The molecule has 0 bridgehead atoms. The van der Waals surface area contributed by atoms with E-state index in [0.29, 0.717) is 18.7 Å². The molecule has 0 aliphatic rings. The van der Waals surface area contributed by atoms with Gasteiger partial charge in [0.25, 0.3) is 5.91 Å². The Kier molecular flexibility index (Phi) is 7.03. The molecule has 4 nitrogen and oxygen atoms in total. The first-order chi connectivity index (χ1) is 11.6. The number of hydrogen-bond donors (Lipinski definition) is 2. The van der Waals surface area contributed by atoms with Crippen molar-refractivity contribution in [3.8, 4) is 5.75 Å². The third-order valence-electron chi connectivity index (χ3n) is 3.33. The van der Waals surface area contributed by atoms with Crippen molar-refractivity contribution in [2.24, 2.45) is 0 Å². The number of ether oxygens (including phenoxy) is 1. The summed E-state index contributed by atoms with van der Waals surface area (Å²) >= 11 is 6.00. The van der Waals surface area contributed by atoms with Crippen LogP contribution >= 0.6 is 11.6 Å². The number of carbonyl (C=O) groups is 1. The molecule has 0 heterocycles. The SMILES string of the molecule is CCNCCNC(=O)C(Oc1ccc(F)cc1Cl)c1ccccc1. The number of halogens is 2. The molecule has 0 saturated heterocycles. The Labute approximate surface area is 146 Å². The zero-order valence-electron chi connectivity index (χ0n) is 13.4. The lowest BCUT2D eigenvalue weighted by molar-refractivity contribution is -0.128. The van der Waals surface area contributed by atoms with Gasteiger partial charge in [-0.25, -0.2) is 4.39 Å². The van der Waals surface area contributed by atoms with E-state index in [1.807, 2.05) is 25.1 Å². The summed E-state index contributed by atoms with van der Waals surface area (Å²) in [7, 11) is 0. The van der Waals surface area contributed by atoms with Crippen LogP contribution in [0.15, 0.2) is 48.5 Å². The van der Waals surface area contributed by atoms with E-state index in [9.17, 15) is 9.18 Å². The largest absolute Gasteiger partial charge is 0.474 e. The molecule has 1 unspecified atom stereocenters. The van der Waals surface area contributed by atoms with Crippen LogP contribution < -0.4 is 15.4 Å². The van der Waals surface area contributed by atoms with Gasteiger partial charge in [-0.15, -0.1) is 0 Å². The average Bonchev–Trinajstić information content (AvgIpc) is 2.58. The van der Waals surface area contributed by atoms with Gasteiger partial charge in [0.05, 0.1) is 5.02 Å². The van der Waals surface area contributed by atoms with Crippen LogP contribution in [0.2, 0.25) is 5.02 Å². The molecular weight excluding hydrogens is 331 g/mol. The van der Waals surface area contributed by atoms with Gasteiger partial charge in [-0.1, -0.05) is 48.9 Å². The maximum absolute atomic E-state index is 13.2. The summed E-state index contributed by atoms with van der Waals surface area (Å²) in [4.78, 5) is 12.5. The Morgan fingerprint density at radius 1 is 1.21 bits per heavy atom. The Morgan fingerprint density at radius 3 is 2.62 bits per heavy atom. The Balaban J connectivity index is 2.15. The number of benzene rings is 2. The minimum atomic E-state index is -0.865. The second kappa shape index (κ2) is 9.25. The van der Waals surface area contributed by atoms with Crippen LogP contribution in [0.25, 0.3) is 0 Å². The van der Waals surface area contributed by atoms with E-state index >= 15 is 0 Å². The molecule has 2 rings (SSSR count). The first-order valence-corrected chi connectivity index (χ1v) is 8.14. The molecule has 0 saturated carbocycles. The van der Waals surface area contributed by atoms with E-state index in [1.54, 1.807) is 12.1 Å². The molecule has 24 heavy (non-hydrogen) atoms. The minimum Gasteiger partial charge on any atom is -0.474 e. The molecule has 0 radical (unpaired) electrons. The van der Waals surface area contributed by atoms with Gasteiger partial charge >= 0.3 is 0 Å². The van der Waals surface area contributed by atoms with E-state index in [1.165, 1.54) is 12.1 Å². The molecule has 1 atom stereocenters. The molecule has 2 aromatic rings. The monoisotopic (exact) mass is 350 g/mol. The summed E-state index contributed by atoms with van der Waals surface area (Å²) in [5.74, 6) is -0.480. The lowest BCUT2D eigenvalue weighted by Crippen LogP contribution is -2.36. The van der Waals surface area contributed by atoms with Gasteiger partial charge in [-0.3, -0.25) is 4.79 Å². The maximum Gasteiger partial charge on any atom is 0.265 e. The summed E-state index contributed by atoms with van der Waals surface area (Å²) in [6.45, 7) is 3.98. The highest BCUT2D eigenvalue weighted by atomic mass is 35.5. The lowest BCUT2D eigenvalue weighted by Gasteiger charge is -2.20. The molecule has 0 aromatic heterocycles. The molecule has 0 aliphatic heterocycles. The predicted octanol–water partition coefficient (Wildman–Crippen LogP) is 3.32. The van der Waals surface area contributed by atoms with Gasteiger partial charge in [-0.2, -0.15) is 0 Å². The molecular formula is C18H20ClFN2O2. The second-order valence-corrected chi connectivity index (χ2v) is 5.54. The zero-order valence-corrected chi connectivity index (χ0v) is 14.1. The number of hydrogen-bond acceptors (Lipinski definition) is 3. The van der Waals surface area contributed by atoms with Gasteiger partial charge in [0.15, 0.2) is 0 Å². The van der Waals surface area contributed by atoms with Crippen molar-refractivity contribution >= 4 is 17.5 Å². The van der Waals surface area contributed by atoms with Crippen molar-refractivity contribution in [1.29, 1.82) is 0 Å². The van der Waals surface area contributed by atoms with Crippen molar-refractivity contribution in [3.05, 3.63) is 64.9 Å². The van der Waals surface area contributed by atoms with Crippen molar-refractivity contribution in [1.82, 2.24) is 10.6 Å². The van der Waals surface area contributed by atoms with Crippen LogP contribution in [0.4, 0.5) is 4.39 Å². The van der Waals surface area contributed by atoms with E-state index in [-0.39, 0.29) is 16.7 Å². The molecule has 6 heteroatoms. The maximum atomic E-state index is 13.2. The van der Waals surface area contributed by atoms with E-state index < -0.39 is 11.9 Å². The van der Waals surface area contributed by atoms with Gasteiger partial charge in [0, 0.05) is 18.7 Å². The third-order valence-corrected chi connectivity index (χ3v) is 3.63. The highest BCUT2D eigenvalue weighted by molar-refractivity contribution is 6.32. The molecule has 128 valence electrons. The zero-order chi connectivity index (χ0) is 17.4. The van der Waals surface area contributed by atoms with Crippen LogP contribution in [0.5, 0.6) is 5.75 Å². The van der Waals surface area contributed by atoms with Crippen LogP contribution in [0.1, 0.15) is 18.6 Å². The molecule has 1 amide bonds. The van der Waals surface area contributed by atoms with Crippen molar-refractivity contribution < 1.29 is 13.9 Å². The van der Waals surface area contributed by atoms with Crippen molar-refractivity contribution in [2.45, 2.75) is 13.0 Å². The third kappa shape index (κ3) is 5.22. The lowest BCUT2D eigenvalue weighted by atomic mass is 10.1. The normalized spacial score (nSPS) is 11.8. The minimum absolute atomic E-state index is 0.122. The molecule has 0 fully saturated rings. The van der Waals surface area contributed by atoms with Crippen LogP contribution in [0.3, 0.4) is 0 Å². The number of carbonyl (C=O) groups excluding carboxylic acids is 1. The summed E-state index contributed by atoms with van der Waals surface area (Å²) in [5.41, 5.74) is 0.693. The molecule has 2 N–H and O–H groups in total. The number of rotatable bonds is 8. The van der Waals surface area contributed by atoms with Gasteiger partial charge in [0.2, 0.25) is 6.10 Å². The van der Waals surface area contributed by atoms with Gasteiger partial charge in [0.1, 0.15) is 11.6 Å². The number of likely N-dealkylation sites (N-methyl/N-ethyl adjacent to an activating group) is 1. The molecule has 2 aromatic carbocycles. The summed E-state index contributed by atoms with van der Waals surface area (Å²) < 4.78 is 19.0. The highest BCUT2D eigenvalue weighted by Crippen LogP contribution is 2.29. The topological polar surface area (TPSA) is 50.4 Å². The fraction of sp³-hybridized carbons (Fsp3) is 0.278. The summed E-state index contributed by atoms with van der Waals surface area (Å²) in [5, 5.41) is 6.07. The fourth-order valence-corrected chi connectivity index (χ4v) is 2.35. The standard InChI is InChI=1S/C18H20ClFN2O2/c1-2-21-10-11-22-18(23)17(13-6-4-3-5-7-13)24-16-9-8-14(20)12-15(16)19/h3-9,12,17,21H,2,10-11H2,1H3,(H,22,23). The smallest absolute Gasteiger partial charge is 0.265 e. The first-order valence-electron chi connectivity index (χ1n) is 7.77. The number of nitrogens with one attached hydrogen (secondary N) is 2. The summed E-state index contributed by atoms with van der Waals surface area (Å²) in [6.07, 6.45) is -0.865. The van der Waals surface area contributed by atoms with E-state index in [2.05, 4.69) is 10.6 Å². The Bertz CT molecular complexity index is 667. The average molecular weight is 351 g/mol. The molecule has 0 aliphatic carbocycles. The highest BCUT2D eigenvalue weighted by Gasteiger charge is 2.23. The van der Waals surface area contributed by atoms with Gasteiger partial charge < -0.3 is 15.4 Å². The number of amides is 1. The van der Waals surface area contributed by atoms with Crippen LogP contribution in [-0.4, -0.2) is 25.5 Å². The Hall–Kier alpha value is -2.11. The van der Waals surface area contributed by atoms with Crippen molar-refractivity contribution in [2.75, 3.05) is 19.6 Å².